The van der Waals surface area contributed by atoms with Crippen LogP contribution in [0.25, 0.3) is 5.57 Å². The van der Waals surface area contributed by atoms with Crippen LogP contribution in [-0.4, -0.2) is 22.6 Å². The Morgan fingerprint density at radius 2 is 1.77 bits per heavy atom. The maximum absolute atomic E-state index is 13.7. The van der Waals surface area contributed by atoms with Crippen molar-refractivity contribution >= 4 is 62.7 Å². The fourth-order valence-corrected chi connectivity index (χ4v) is 6.55. The van der Waals surface area contributed by atoms with Gasteiger partial charge in [0, 0.05) is 20.1 Å². The Morgan fingerprint density at radius 3 is 2.40 bits per heavy atom. The summed E-state index contributed by atoms with van der Waals surface area (Å²) in [4.78, 5) is 39.9. The lowest BCUT2D eigenvalue weighted by atomic mass is 9.65. The number of carbonyl (C=O) groups excluding carboxylic acids is 3. The maximum atomic E-state index is 13.7. The van der Waals surface area contributed by atoms with E-state index in [2.05, 4.69) is 66.9 Å². The molecular weight excluding hydrogens is 511 g/mol. The fraction of sp³-hybridized carbons (Fsp3) is 0.261. The fourth-order valence-electron chi connectivity index (χ4n) is 5.16. The van der Waals surface area contributed by atoms with E-state index >= 15 is 0 Å². The van der Waals surface area contributed by atoms with Crippen LogP contribution in [0.5, 0.6) is 0 Å². The Balaban J connectivity index is 1.86. The summed E-state index contributed by atoms with van der Waals surface area (Å²) in [6, 6.07) is 14.4. The van der Waals surface area contributed by atoms with Crippen LogP contribution in [-0.2, 0) is 15.0 Å². The molecule has 3 aliphatic heterocycles. The molecule has 0 aromatic heterocycles. The zero-order valence-corrected chi connectivity index (χ0v) is 19.7. The molecule has 1 N–H and O–H groups in total. The summed E-state index contributed by atoms with van der Waals surface area (Å²) < 4.78 is 0.991. The van der Waals surface area contributed by atoms with Gasteiger partial charge in [-0.25, -0.2) is 0 Å². The van der Waals surface area contributed by atoms with E-state index in [1.54, 1.807) is 0 Å². The van der Waals surface area contributed by atoms with Gasteiger partial charge in [-0.1, -0.05) is 37.3 Å². The third-order valence-electron chi connectivity index (χ3n) is 6.23. The Kier molecular flexibility index (Phi) is 4.25. The first-order valence-corrected chi connectivity index (χ1v) is 11.5. The van der Waals surface area contributed by atoms with Gasteiger partial charge in [0.25, 0.3) is 17.1 Å². The molecule has 0 saturated carbocycles. The minimum Gasteiger partial charge on any atom is -0.302 e. The molecule has 7 heteroatoms. The summed E-state index contributed by atoms with van der Waals surface area (Å²) in [7, 11) is 0. The quantitative estimate of drug-likeness (QED) is 0.424. The van der Waals surface area contributed by atoms with E-state index in [1.807, 2.05) is 29.2 Å². The van der Waals surface area contributed by atoms with Crippen LogP contribution >= 0.6 is 34.4 Å². The monoisotopic (exact) mass is 530 g/mol. The summed E-state index contributed by atoms with van der Waals surface area (Å²) >= 11 is 3.07. The van der Waals surface area contributed by atoms with Crippen molar-refractivity contribution in [3.63, 3.8) is 0 Å². The Hall–Kier alpha value is -2.13. The highest BCUT2D eigenvalue weighted by molar-refractivity contribution is 14.1. The molecule has 1 saturated heterocycles. The summed E-state index contributed by atoms with van der Waals surface area (Å²) in [5.74, 6) is -0.704. The van der Waals surface area contributed by atoms with Gasteiger partial charge in [0.2, 0.25) is 0 Å². The number of imide groups is 1. The molecule has 1 atom stereocenters. The molecule has 0 spiro atoms. The second kappa shape index (κ2) is 6.43. The van der Waals surface area contributed by atoms with Gasteiger partial charge in [0.15, 0.2) is 0 Å². The first-order chi connectivity index (χ1) is 14.1. The van der Waals surface area contributed by atoms with Crippen LogP contribution in [0.15, 0.2) is 47.4 Å². The van der Waals surface area contributed by atoms with Crippen molar-refractivity contribution < 1.29 is 14.4 Å². The second-order valence-electron chi connectivity index (χ2n) is 8.73. The van der Waals surface area contributed by atoms with E-state index in [-0.39, 0.29) is 16.2 Å². The van der Waals surface area contributed by atoms with Gasteiger partial charge < -0.3 is 4.90 Å². The van der Waals surface area contributed by atoms with Crippen molar-refractivity contribution in [2.45, 2.75) is 38.1 Å². The molecule has 0 bridgehead atoms. The number of rotatable bonds is 1. The van der Waals surface area contributed by atoms with E-state index in [0.29, 0.717) is 5.57 Å². The number of nitrogens with zero attached hydrogens (tertiary/aromatic N) is 1. The maximum Gasteiger partial charge on any atom is 0.290 e. The molecular formula is C23H19IN2O3S. The third-order valence-corrected chi connectivity index (χ3v) is 7.73. The standard InChI is InChI=1S/C23H19IN2O3S/c1-22(2)11-23(3,12-7-5-4-6-8-12)15-10-13(24)9-14-16(20(28)26(22)17(14)15)18-19(27)25-21(29)30-18/h4-10H,11H2,1-3H3,(H,25,27,29)/b18-16-. The van der Waals surface area contributed by atoms with Crippen molar-refractivity contribution in [1.82, 2.24) is 5.32 Å². The third kappa shape index (κ3) is 2.64. The Bertz CT molecular complexity index is 1190. The molecule has 152 valence electrons. The van der Waals surface area contributed by atoms with E-state index in [9.17, 15) is 14.4 Å². The van der Waals surface area contributed by atoms with Gasteiger partial charge >= 0.3 is 0 Å². The summed E-state index contributed by atoms with van der Waals surface area (Å²) in [6.07, 6.45) is 0.739. The van der Waals surface area contributed by atoms with E-state index in [4.69, 9.17) is 0 Å². The van der Waals surface area contributed by atoms with E-state index in [0.717, 1.165) is 38.6 Å². The largest absolute Gasteiger partial charge is 0.302 e. The number of hydrogen-bond acceptors (Lipinski definition) is 4. The second-order valence-corrected chi connectivity index (χ2v) is 11.0. The molecule has 30 heavy (non-hydrogen) atoms. The molecule has 0 aliphatic carbocycles. The first-order valence-electron chi connectivity index (χ1n) is 9.65. The number of halogens is 1. The van der Waals surface area contributed by atoms with Crippen molar-refractivity contribution in [2.24, 2.45) is 0 Å². The molecule has 1 fully saturated rings. The van der Waals surface area contributed by atoms with Crippen LogP contribution in [0.1, 0.15) is 43.9 Å². The molecule has 3 heterocycles. The molecule has 3 aliphatic rings. The predicted octanol–water partition coefficient (Wildman–Crippen LogP) is 4.82. The summed E-state index contributed by atoms with van der Waals surface area (Å²) in [5, 5.41) is 1.85. The lowest BCUT2D eigenvalue weighted by Gasteiger charge is -2.49. The van der Waals surface area contributed by atoms with Crippen molar-refractivity contribution in [2.75, 3.05) is 4.90 Å². The Morgan fingerprint density at radius 1 is 1.07 bits per heavy atom. The molecule has 2 aromatic carbocycles. The minimum absolute atomic E-state index is 0.195. The molecule has 0 radical (unpaired) electrons. The van der Waals surface area contributed by atoms with Crippen LogP contribution in [0.4, 0.5) is 10.5 Å². The lowest BCUT2D eigenvalue weighted by molar-refractivity contribution is -0.116. The summed E-state index contributed by atoms with van der Waals surface area (Å²) in [5.41, 5.74) is 3.44. The normalized spacial score (nSPS) is 26.8. The molecule has 5 rings (SSSR count). The van der Waals surface area contributed by atoms with Gasteiger partial charge in [-0.2, -0.15) is 0 Å². The van der Waals surface area contributed by atoms with E-state index in [1.165, 1.54) is 5.56 Å². The van der Waals surface area contributed by atoms with Gasteiger partial charge in [-0.05, 0) is 77.9 Å². The number of amides is 3. The minimum atomic E-state index is -0.496. The van der Waals surface area contributed by atoms with Crippen LogP contribution in [0, 0.1) is 3.57 Å². The number of carbonyl (C=O) groups is 3. The van der Waals surface area contributed by atoms with Gasteiger partial charge in [0.05, 0.1) is 16.2 Å². The predicted molar refractivity (Wildman–Crippen MR) is 126 cm³/mol. The van der Waals surface area contributed by atoms with E-state index < -0.39 is 16.7 Å². The zero-order chi connectivity index (χ0) is 21.4. The smallest absolute Gasteiger partial charge is 0.290 e. The average Bonchev–Trinajstić information content (AvgIpc) is 3.15. The first kappa shape index (κ1) is 19.8. The van der Waals surface area contributed by atoms with Crippen LogP contribution in [0.3, 0.4) is 0 Å². The van der Waals surface area contributed by atoms with Crippen LogP contribution < -0.4 is 10.2 Å². The molecule has 5 nitrogen and oxygen atoms in total. The highest BCUT2D eigenvalue weighted by atomic mass is 127. The highest BCUT2D eigenvalue weighted by Crippen LogP contribution is 2.57. The Labute approximate surface area is 192 Å². The van der Waals surface area contributed by atoms with Crippen LogP contribution in [0.2, 0.25) is 0 Å². The molecule has 3 amide bonds. The number of anilines is 1. The van der Waals surface area contributed by atoms with Crippen molar-refractivity contribution in [3.05, 3.63) is 67.6 Å². The van der Waals surface area contributed by atoms with Gasteiger partial charge in [0.1, 0.15) is 0 Å². The van der Waals surface area contributed by atoms with Gasteiger partial charge in [-0.3, -0.25) is 19.7 Å². The summed E-state index contributed by atoms with van der Waals surface area (Å²) in [6.45, 7) is 6.36. The van der Waals surface area contributed by atoms with Gasteiger partial charge in [-0.15, -0.1) is 0 Å². The zero-order valence-electron chi connectivity index (χ0n) is 16.7. The molecule has 1 unspecified atom stereocenters. The number of hydrogen-bond donors (Lipinski definition) is 1. The number of thioether (sulfide) groups is 1. The lowest BCUT2D eigenvalue weighted by Crippen LogP contribution is -2.54. The topological polar surface area (TPSA) is 66.5 Å². The number of benzene rings is 2. The number of nitrogens with one attached hydrogen (secondary N) is 1. The van der Waals surface area contributed by atoms with Crippen molar-refractivity contribution in [1.29, 1.82) is 0 Å². The molecule has 2 aromatic rings. The van der Waals surface area contributed by atoms with Crippen molar-refractivity contribution in [3.8, 4) is 0 Å². The SMILES string of the molecule is CC1(c2ccccc2)CC(C)(C)N2C(=O)/C(=C3\SC(=O)NC3=O)c3cc(I)cc1c32. The average molecular weight is 530 g/mol. The highest BCUT2D eigenvalue weighted by Gasteiger charge is 2.54.